The molecule has 8 heteroatoms. The number of ether oxygens (including phenoxy) is 1. The van der Waals surface area contributed by atoms with Crippen LogP contribution in [0.15, 0.2) is 51.8 Å². The molecular weight excluding hydrogens is 392 g/mol. The normalized spacial score (nSPS) is 11.6. The van der Waals surface area contributed by atoms with E-state index in [1.165, 1.54) is 12.1 Å². The van der Waals surface area contributed by atoms with Gasteiger partial charge < -0.3 is 14.5 Å². The number of hydrogen-bond donors (Lipinski definition) is 2. The van der Waals surface area contributed by atoms with Crippen molar-refractivity contribution >= 4 is 32.6 Å². The number of rotatable bonds is 8. The zero-order valence-corrected chi connectivity index (χ0v) is 17.4. The number of anilines is 1. The molecule has 1 heterocycles. The first-order valence-electron chi connectivity index (χ1n) is 9.32. The zero-order valence-electron chi connectivity index (χ0n) is 16.6. The number of esters is 1. The van der Waals surface area contributed by atoms with E-state index in [2.05, 4.69) is 10.0 Å². The first kappa shape index (κ1) is 20.9. The van der Waals surface area contributed by atoms with Crippen LogP contribution in [0.25, 0.3) is 11.0 Å². The number of hydrogen-bond acceptors (Lipinski definition) is 6. The van der Waals surface area contributed by atoms with Gasteiger partial charge in [-0.05, 0) is 56.2 Å². The molecule has 0 saturated heterocycles. The molecule has 0 radical (unpaired) electrons. The Labute approximate surface area is 170 Å². The fourth-order valence-corrected chi connectivity index (χ4v) is 4.07. The molecule has 0 fully saturated rings. The molecule has 1 aromatic heterocycles. The van der Waals surface area contributed by atoms with Crippen LogP contribution in [-0.4, -0.2) is 34.6 Å². The van der Waals surface area contributed by atoms with Crippen molar-refractivity contribution in [3.63, 3.8) is 0 Å². The Morgan fingerprint density at radius 2 is 1.86 bits per heavy atom. The number of benzene rings is 2. The smallest absolute Gasteiger partial charge is 0.374 e. The minimum absolute atomic E-state index is 0.0920. The maximum atomic E-state index is 12.7. The van der Waals surface area contributed by atoms with E-state index < -0.39 is 16.0 Å². The van der Waals surface area contributed by atoms with Crippen LogP contribution in [0.3, 0.4) is 0 Å². The van der Waals surface area contributed by atoms with Gasteiger partial charge in [0.15, 0.2) is 0 Å². The number of furan rings is 1. The Kier molecular flexibility index (Phi) is 6.24. The summed E-state index contributed by atoms with van der Waals surface area (Å²) < 4.78 is 38.5. The largest absolute Gasteiger partial charge is 0.460 e. The van der Waals surface area contributed by atoms with Gasteiger partial charge in [-0.1, -0.05) is 12.1 Å². The molecule has 2 N–H and O–H groups in total. The number of nitrogens with one attached hydrogen (secondary N) is 2. The molecule has 0 bridgehead atoms. The van der Waals surface area contributed by atoms with E-state index in [-0.39, 0.29) is 23.8 Å². The van der Waals surface area contributed by atoms with Crippen molar-refractivity contribution in [2.45, 2.75) is 25.2 Å². The Balaban J connectivity index is 1.75. The van der Waals surface area contributed by atoms with Crippen molar-refractivity contribution in [2.24, 2.45) is 0 Å². The van der Waals surface area contributed by atoms with E-state index in [1.54, 1.807) is 19.9 Å². The first-order chi connectivity index (χ1) is 13.9. The highest BCUT2D eigenvalue weighted by molar-refractivity contribution is 7.89. The summed E-state index contributed by atoms with van der Waals surface area (Å²) in [6, 6.07) is 12.3. The number of carbonyl (C=O) groups is 1. The van der Waals surface area contributed by atoms with E-state index in [0.29, 0.717) is 23.0 Å². The molecule has 0 unspecified atom stereocenters. The van der Waals surface area contributed by atoms with Gasteiger partial charge >= 0.3 is 5.97 Å². The molecule has 0 atom stereocenters. The van der Waals surface area contributed by atoms with E-state index >= 15 is 0 Å². The molecular formula is C21H24N2O5S. The van der Waals surface area contributed by atoms with Crippen molar-refractivity contribution in [3.05, 3.63) is 59.4 Å². The predicted molar refractivity (Wildman–Crippen MR) is 112 cm³/mol. The highest BCUT2D eigenvalue weighted by atomic mass is 32.2. The molecule has 3 aromatic rings. The average molecular weight is 416 g/mol. The van der Waals surface area contributed by atoms with Gasteiger partial charge in [0, 0.05) is 30.2 Å². The van der Waals surface area contributed by atoms with Gasteiger partial charge in [-0.15, -0.1) is 0 Å². The lowest BCUT2D eigenvalue weighted by Crippen LogP contribution is -2.26. The summed E-state index contributed by atoms with van der Waals surface area (Å²) in [4.78, 5) is 12.1. The van der Waals surface area contributed by atoms with Gasteiger partial charge in [0.1, 0.15) is 5.58 Å². The lowest BCUT2D eigenvalue weighted by atomic mass is 10.1. The van der Waals surface area contributed by atoms with E-state index in [9.17, 15) is 13.2 Å². The highest BCUT2D eigenvalue weighted by Crippen LogP contribution is 2.28. The Hall–Kier alpha value is -2.84. The molecule has 0 spiro atoms. The van der Waals surface area contributed by atoms with Crippen molar-refractivity contribution in [1.82, 2.24) is 4.72 Å². The van der Waals surface area contributed by atoms with Crippen LogP contribution >= 0.6 is 0 Å². The second-order valence-electron chi connectivity index (χ2n) is 6.53. The molecule has 0 saturated carbocycles. The maximum Gasteiger partial charge on any atom is 0.374 e. The van der Waals surface area contributed by atoms with Crippen molar-refractivity contribution in [2.75, 3.05) is 25.5 Å². The monoisotopic (exact) mass is 416 g/mol. The van der Waals surface area contributed by atoms with Crippen LogP contribution in [0.5, 0.6) is 0 Å². The SMILES string of the molecule is CCOC(=O)c1oc2ccc(S(=O)(=O)NCCc3ccc(NC)cc3)cc2c1C. The molecule has 29 heavy (non-hydrogen) atoms. The molecule has 154 valence electrons. The lowest BCUT2D eigenvalue weighted by Gasteiger charge is -2.08. The van der Waals surface area contributed by atoms with Gasteiger partial charge in [0.2, 0.25) is 15.8 Å². The quantitative estimate of drug-likeness (QED) is 0.546. The third kappa shape index (κ3) is 4.60. The Bertz CT molecular complexity index is 1120. The Morgan fingerprint density at radius 1 is 1.14 bits per heavy atom. The number of sulfonamides is 1. The predicted octanol–water partition coefficient (Wildman–Crippen LogP) is 3.48. The van der Waals surface area contributed by atoms with Crippen LogP contribution in [0.4, 0.5) is 5.69 Å². The molecule has 7 nitrogen and oxygen atoms in total. The highest BCUT2D eigenvalue weighted by Gasteiger charge is 2.21. The van der Waals surface area contributed by atoms with Crippen molar-refractivity contribution < 1.29 is 22.4 Å². The number of carbonyl (C=O) groups excluding carboxylic acids is 1. The van der Waals surface area contributed by atoms with Crippen LogP contribution in [-0.2, 0) is 21.2 Å². The van der Waals surface area contributed by atoms with Crippen LogP contribution in [0, 0.1) is 6.92 Å². The fourth-order valence-electron chi connectivity index (χ4n) is 3.01. The summed E-state index contributed by atoms with van der Waals surface area (Å²) in [5.41, 5.74) is 3.03. The zero-order chi connectivity index (χ0) is 21.0. The molecule has 2 aromatic carbocycles. The average Bonchev–Trinajstić information content (AvgIpc) is 3.05. The van der Waals surface area contributed by atoms with Crippen LogP contribution in [0.1, 0.15) is 28.6 Å². The fraction of sp³-hybridized carbons (Fsp3) is 0.286. The van der Waals surface area contributed by atoms with E-state index in [1.807, 2.05) is 31.3 Å². The lowest BCUT2D eigenvalue weighted by molar-refractivity contribution is 0.0491. The second kappa shape index (κ2) is 8.67. The minimum Gasteiger partial charge on any atom is -0.460 e. The molecule has 0 amide bonds. The molecule has 0 aliphatic carbocycles. The topological polar surface area (TPSA) is 97.6 Å². The third-order valence-corrected chi connectivity index (χ3v) is 6.09. The van der Waals surface area contributed by atoms with Gasteiger partial charge in [-0.25, -0.2) is 17.9 Å². The van der Waals surface area contributed by atoms with E-state index in [4.69, 9.17) is 9.15 Å². The van der Waals surface area contributed by atoms with Gasteiger partial charge in [-0.2, -0.15) is 0 Å². The summed E-state index contributed by atoms with van der Waals surface area (Å²) in [6.45, 7) is 3.92. The first-order valence-corrected chi connectivity index (χ1v) is 10.8. The third-order valence-electron chi connectivity index (χ3n) is 4.63. The summed E-state index contributed by atoms with van der Waals surface area (Å²) >= 11 is 0. The standard InChI is InChI=1S/C21H24N2O5S/c1-4-27-21(24)20-14(2)18-13-17(9-10-19(18)28-20)29(25,26)23-12-11-15-5-7-16(22-3)8-6-15/h5-10,13,22-23H,4,11-12H2,1-3H3. The van der Waals surface area contributed by atoms with Gasteiger partial charge in [-0.3, -0.25) is 0 Å². The van der Waals surface area contributed by atoms with Gasteiger partial charge in [0.05, 0.1) is 11.5 Å². The van der Waals surface area contributed by atoms with Crippen LogP contribution < -0.4 is 10.0 Å². The van der Waals surface area contributed by atoms with Crippen LogP contribution in [0.2, 0.25) is 0 Å². The van der Waals surface area contributed by atoms with Crippen molar-refractivity contribution in [1.29, 1.82) is 0 Å². The Morgan fingerprint density at radius 3 is 2.52 bits per heavy atom. The maximum absolute atomic E-state index is 12.7. The summed E-state index contributed by atoms with van der Waals surface area (Å²) in [7, 11) is -1.85. The summed E-state index contributed by atoms with van der Waals surface area (Å²) in [5, 5.41) is 3.61. The van der Waals surface area contributed by atoms with Gasteiger partial charge in [0.25, 0.3) is 0 Å². The molecule has 3 rings (SSSR count). The summed E-state index contributed by atoms with van der Waals surface area (Å²) in [5.74, 6) is -0.470. The second-order valence-corrected chi connectivity index (χ2v) is 8.30. The number of aryl methyl sites for hydroxylation is 1. The molecule has 0 aliphatic heterocycles. The summed E-state index contributed by atoms with van der Waals surface area (Å²) in [6.07, 6.45) is 0.573. The van der Waals surface area contributed by atoms with Crippen molar-refractivity contribution in [3.8, 4) is 0 Å². The van der Waals surface area contributed by atoms with E-state index in [0.717, 1.165) is 11.3 Å². The minimum atomic E-state index is -3.69. The molecule has 0 aliphatic rings. The number of fused-ring (bicyclic) bond motifs is 1.